The molecular weight excluding hydrogens is 312 g/mol. The van der Waals surface area contributed by atoms with Gasteiger partial charge in [0.05, 0.1) is 5.41 Å². The van der Waals surface area contributed by atoms with Crippen molar-refractivity contribution in [2.24, 2.45) is 0 Å². The molecule has 1 heterocycles. The van der Waals surface area contributed by atoms with Gasteiger partial charge < -0.3 is 10.6 Å². The van der Waals surface area contributed by atoms with Crippen molar-refractivity contribution in [3.05, 3.63) is 65.2 Å². The van der Waals surface area contributed by atoms with Crippen molar-refractivity contribution in [1.29, 1.82) is 0 Å². The molecule has 1 atom stereocenters. The minimum atomic E-state index is -0.730. The van der Waals surface area contributed by atoms with Crippen LogP contribution in [0.1, 0.15) is 36.5 Å². The average Bonchev–Trinajstić information content (AvgIpc) is 2.65. The molecular formula is C21H24N2O2. The Morgan fingerprint density at radius 1 is 1.20 bits per heavy atom. The summed E-state index contributed by atoms with van der Waals surface area (Å²) in [5, 5.41) is 5.95. The van der Waals surface area contributed by atoms with Crippen molar-refractivity contribution in [1.82, 2.24) is 5.32 Å². The lowest BCUT2D eigenvalue weighted by atomic mass is 9.73. The number of carbonyl (C=O) groups is 2. The molecule has 4 heteroatoms. The Kier molecular flexibility index (Phi) is 4.88. The zero-order valence-electron chi connectivity index (χ0n) is 14.8. The SMILES string of the molecule is CCc1cc(NC(=O)C2(c3ccccc3)CCC(=O)NC2)ccc1C. The fraction of sp³-hybridized carbons (Fsp3) is 0.333. The standard InChI is InChI=1S/C21H24N2O2/c1-3-16-13-18(10-9-15(16)2)23-20(25)21(12-11-19(24)22-14-21)17-7-5-4-6-8-17/h4-10,13H,3,11-12,14H2,1-2H3,(H,22,24)(H,23,25). The summed E-state index contributed by atoms with van der Waals surface area (Å²) in [4.78, 5) is 24.9. The van der Waals surface area contributed by atoms with Gasteiger partial charge in [0.15, 0.2) is 0 Å². The van der Waals surface area contributed by atoms with Crippen molar-refractivity contribution >= 4 is 17.5 Å². The first-order chi connectivity index (χ1) is 12.0. The number of benzene rings is 2. The molecule has 2 amide bonds. The van der Waals surface area contributed by atoms with Crippen molar-refractivity contribution in [3.63, 3.8) is 0 Å². The lowest BCUT2D eigenvalue weighted by molar-refractivity contribution is -0.127. The van der Waals surface area contributed by atoms with E-state index in [2.05, 4.69) is 24.5 Å². The van der Waals surface area contributed by atoms with Crippen LogP contribution >= 0.6 is 0 Å². The average molecular weight is 336 g/mol. The summed E-state index contributed by atoms with van der Waals surface area (Å²) < 4.78 is 0. The monoisotopic (exact) mass is 336 g/mol. The second-order valence-corrected chi connectivity index (χ2v) is 6.67. The smallest absolute Gasteiger partial charge is 0.236 e. The summed E-state index contributed by atoms with van der Waals surface area (Å²) in [5.74, 6) is -0.0624. The van der Waals surface area contributed by atoms with Gasteiger partial charge in [0.25, 0.3) is 0 Å². The van der Waals surface area contributed by atoms with Crippen molar-refractivity contribution in [2.45, 2.75) is 38.5 Å². The molecule has 0 aromatic heterocycles. The number of carbonyl (C=O) groups excluding carboxylic acids is 2. The quantitative estimate of drug-likeness (QED) is 0.899. The Bertz CT molecular complexity index is 774. The summed E-state index contributed by atoms with van der Waals surface area (Å²) in [7, 11) is 0. The Morgan fingerprint density at radius 2 is 1.96 bits per heavy atom. The molecule has 130 valence electrons. The Labute approximate surface area is 148 Å². The molecule has 1 unspecified atom stereocenters. The Balaban J connectivity index is 1.91. The van der Waals surface area contributed by atoms with Gasteiger partial charge in [-0.15, -0.1) is 0 Å². The lowest BCUT2D eigenvalue weighted by Crippen LogP contribution is -2.53. The minimum Gasteiger partial charge on any atom is -0.355 e. The first kappa shape index (κ1) is 17.2. The molecule has 0 spiro atoms. The summed E-state index contributed by atoms with van der Waals surface area (Å²) >= 11 is 0. The van der Waals surface area contributed by atoms with Crippen LogP contribution < -0.4 is 10.6 Å². The molecule has 1 fully saturated rings. The number of hydrogen-bond donors (Lipinski definition) is 2. The number of rotatable bonds is 4. The van der Waals surface area contributed by atoms with Crippen molar-refractivity contribution in [2.75, 3.05) is 11.9 Å². The second-order valence-electron chi connectivity index (χ2n) is 6.67. The van der Waals surface area contributed by atoms with Crippen LogP contribution in [0.25, 0.3) is 0 Å². The normalized spacial score (nSPS) is 20.0. The molecule has 0 bridgehead atoms. The lowest BCUT2D eigenvalue weighted by Gasteiger charge is -2.36. The third-order valence-electron chi connectivity index (χ3n) is 5.12. The van der Waals surface area contributed by atoms with Gasteiger partial charge in [-0.05, 0) is 48.6 Å². The van der Waals surface area contributed by atoms with E-state index in [4.69, 9.17) is 0 Å². The molecule has 0 saturated carbocycles. The highest BCUT2D eigenvalue weighted by Crippen LogP contribution is 2.33. The first-order valence-electron chi connectivity index (χ1n) is 8.78. The molecule has 1 aliphatic rings. The van der Waals surface area contributed by atoms with Crippen LogP contribution in [0.2, 0.25) is 0 Å². The summed E-state index contributed by atoms with van der Waals surface area (Å²) in [6.07, 6.45) is 1.80. The van der Waals surface area contributed by atoms with Crippen molar-refractivity contribution < 1.29 is 9.59 Å². The maximum absolute atomic E-state index is 13.2. The second kappa shape index (κ2) is 7.09. The number of amides is 2. The number of anilines is 1. The predicted octanol–water partition coefficient (Wildman–Crippen LogP) is 3.34. The Morgan fingerprint density at radius 3 is 2.60 bits per heavy atom. The molecule has 0 radical (unpaired) electrons. The molecule has 2 aromatic carbocycles. The molecule has 1 aliphatic heterocycles. The summed E-state index contributed by atoms with van der Waals surface area (Å²) in [5.41, 5.74) is 3.47. The topological polar surface area (TPSA) is 58.2 Å². The van der Waals surface area contributed by atoms with E-state index in [9.17, 15) is 9.59 Å². The molecule has 0 aliphatic carbocycles. The van der Waals surface area contributed by atoms with Gasteiger partial charge >= 0.3 is 0 Å². The number of piperidine rings is 1. The zero-order valence-corrected chi connectivity index (χ0v) is 14.8. The molecule has 2 aromatic rings. The van der Waals surface area contributed by atoms with Crippen LogP contribution in [-0.4, -0.2) is 18.4 Å². The first-order valence-corrected chi connectivity index (χ1v) is 8.78. The summed E-state index contributed by atoms with van der Waals surface area (Å²) in [6.45, 7) is 4.51. The highest BCUT2D eigenvalue weighted by Gasteiger charge is 2.43. The van der Waals surface area contributed by atoms with Gasteiger partial charge in [-0.1, -0.05) is 43.3 Å². The fourth-order valence-electron chi connectivity index (χ4n) is 3.46. The van der Waals surface area contributed by atoms with Crippen LogP contribution in [-0.2, 0) is 21.4 Å². The van der Waals surface area contributed by atoms with E-state index in [0.717, 1.165) is 17.7 Å². The van der Waals surface area contributed by atoms with E-state index < -0.39 is 5.41 Å². The predicted molar refractivity (Wildman–Crippen MR) is 99.6 cm³/mol. The highest BCUT2D eigenvalue weighted by atomic mass is 16.2. The summed E-state index contributed by atoms with van der Waals surface area (Å²) in [6, 6.07) is 15.7. The maximum Gasteiger partial charge on any atom is 0.236 e. The van der Waals surface area contributed by atoms with E-state index in [-0.39, 0.29) is 11.8 Å². The van der Waals surface area contributed by atoms with Crippen LogP contribution in [0, 0.1) is 6.92 Å². The fourth-order valence-corrected chi connectivity index (χ4v) is 3.46. The van der Waals surface area contributed by atoms with E-state index in [1.165, 1.54) is 11.1 Å². The van der Waals surface area contributed by atoms with Gasteiger partial charge in [-0.25, -0.2) is 0 Å². The van der Waals surface area contributed by atoms with E-state index in [1.807, 2.05) is 48.5 Å². The number of hydrogen-bond acceptors (Lipinski definition) is 2. The number of aryl methyl sites for hydroxylation is 2. The molecule has 3 rings (SSSR count). The van der Waals surface area contributed by atoms with Crippen LogP contribution in [0.3, 0.4) is 0 Å². The van der Waals surface area contributed by atoms with E-state index in [1.54, 1.807) is 0 Å². The van der Waals surface area contributed by atoms with Crippen LogP contribution in [0.4, 0.5) is 5.69 Å². The molecule has 25 heavy (non-hydrogen) atoms. The molecule has 4 nitrogen and oxygen atoms in total. The zero-order chi connectivity index (χ0) is 17.9. The maximum atomic E-state index is 13.2. The molecule has 1 saturated heterocycles. The minimum absolute atomic E-state index is 0.00274. The third kappa shape index (κ3) is 3.43. The van der Waals surface area contributed by atoms with E-state index in [0.29, 0.717) is 19.4 Å². The van der Waals surface area contributed by atoms with Gasteiger partial charge in [-0.2, -0.15) is 0 Å². The highest BCUT2D eigenvalue weighted by molar-refractivity contribution is 6.00. The van der Waals surface area contributed by atoms with Gasteiger partial charge in [0.2, 0.25) is 11.8 Å². The van der Waals surface area contributed by atoms with Crippen LogP contribution in [0.15, 0.2) is 48.5 Å². The third-order valence-corrected chi connectivity index (χ3v) is 5.12. The van der Waals surface area contributed by atoms with Gasteiger partial charge in [-0.3, -0.25) is 9.59 Å². The largest absolute Gasteiger partial charge is 0.355 e. The van der Waals surface area contributed by atoms with Crippen molar-refractivity contribution in [3.8, 4) is 0 Å². The van der Waals surface area contributed by atoms with Crippen LogP contribution in [0.5, 0.6) is 0 Å². The molecule has 2 N–H and O–H groups in total. The number of nitrogens with one attached hydrogen (secondary N) is 2. The van der Waals surface area contributed by atoms with E-state index >= 15 is 0 Å². The van der Waals surface area contributed by atoms with Gasteiger partial charge in [0.1, 0.15) is 0 Å². The Hall–Kier alpha value is -2.62. The van der Waals surface area contributed by atoms with Gasteiger partial charge in [0, 0.05) is 18.7 Å².